The smallest absolute Gasteiger partial charge is 0.335 e. The third-order valence-electron chi connectivity index (χ3n) is 4.13. The van der Waals surface area contributed by atoms with Crippen molar-refractivity contribution in [1.82, 2.24) is 0 Å². The van der Waals surface area contributed by atoms with Crippen LogP contribution in [0.15, 0.2) is 40.5 Å². The van der Waals surface area contributed by atoms with Gasteiger partial charge >= 0.3 is 5.97 Å². The third kappa shape index (κ3) is 1.51. The Labute approximate surface area is 117 Å². The van der Waals surface area contributed by atoms with Crippen LogP contribution in [0.2, 0.25) is 0 Å². The Hall–Kier alpha value is -2.23. The molecule has 1 atom stereocenters. The van der Waals surface area contributed by atoms with Gasteiger partial charge in [-0.2, -0.15) is 0 Å². The van der Waals surface area contributed by atoms with Crippen LogP contribution in [0.1, 0.15) is 36.2 Å². The van der Waals surface area contributed by atoms with Crippen LogP contribution in [0.3, 0.4) is 0 Å². The topological polar surface area (TPSA) is 55.7 Å². The van der Waals surface area contributed by atoms with Crippen LogP contribution in [0.5, 0.6) is 0 Å². The highest BCUT2D eigenvalue weighted by Crippen LogP contribution is 2.45. The van der Waals surface area contributed by atoms with Gasteiger partial charge in [0.05, 0.1) is 23.8 Å². The molecule has 0 spiro atoms. The number of fused-ring (bicyclic) bond motifs is 3. The van der Waals surface area contributed by atoms with Crippen LogP contribution in [0.25, 0.3) is 0 Å². The Balaban J connectivity index is 2.20. The molecule has 0 radical (unpaired) electrons. The summed E-state index contributed by atoms with van der Waals surface area (Å²) in [5, 5.41) is 0. The normalized spacial score (nSPS) is 24.1. The van der Waals surface area contributed by atoms with Gasteiger partial charge in [0.15, 0.2) is 5.78 Å². The zero-order chi connectivity index (χ0) is 14.5. The zero-order valence-corrected chi connectivity index (χ0v) is 11.7. The number of benzene rings is 1. The first-order valence-electron chi connectivity index (χ1n) is 6.50. The molecule has 1 unspecified atom stereocenters. The van der Waals surface area contributed by atoms with Crippen LogP contribution < -0.4 is 0 Å². The molecule has 0 N–H and O–H groups in total. The second kappa shape index (κ2) is 4.13. The Kier molecular flexibility index (Phi) is 2.64. The molecule has 4 nitrogen and oxygen atoms in total. The minimum Gasteiger partial charge on any atom is -0.466 e. The SMILES string of the molecule is COC(=O)C1=C(C)N=C2c3ccccc3C(=O)C2(C)C1. The summed E-state index contributed by atoms with van der Waals surface area (Å²) < 4.78 is 4.79. The molecule has 1 aliphatic heterocycles. The number of nitrogens with zero attached hydrogens (tertiary/aromatic N) is 1. The van der Waals surface area contributed by atoms with Crippen molar-refractivity contribution in [3.8, 4) is 0 Å². The summed E-state index contributed by atoms with van der Waals surface area (Å²) in [6, 6.07) is 7.47. The Morgan fingerprint density at radius 2 is 1.95 bits per heavy atom. The van der Waals surface area contributed by atoms with E-state index in [9.17, 15) is 9.59 Å². The predicted molar refractivity (Wildman–Crippen MR) is 74.7 cm³/mol. The Morgan fingerprint density at radius 3 is 2.60 bits per heavy atom. The number of hydrogen-bond acceptors (Lipinski definition) is 4. The first-order chi connectivity index (χ1) is 9.49. The number of rotatable bonds is 1. The fourth-order valence-electron chi connectivity index (χ4n) is 3.00. The fourth-order valence-corrected chi connectivity index (χ4v) is 3.00. The highest BCUT2D eigenvalue weighted by atomic mass is 16.5. The molecule has 0 amide bonds. The van der Waals surface area contributed by atoms with E-state index in [0.717, 1.165) is 11.3 Å². The summed E-state index contributed by atoms with van der Waals surface area (Å²) in [5.41, 5.74) is 2.69. The maximum atomic E-state index is 12.7. The van der Waals surface area contributed by atoms with Crippen molar-refractivity contribution in [3.63, 3.8) is 0 Å². The van der Waals surface area contributed by atoms with Gasteiger partial charge in [-0.3, -0.25) is 9.79 Å². The minimum atomic E-state index is -0.757. The van der Waals surface area contributed by atoms with E-state index in [2.05, 4.69) is 4.99 Å². The molecule has 102 valence electrons. The van der Waals surface area contributed by atoms with E-state index in [0.29, 0.717) is 23.3 Å². The van der Waals surface area contributed by atoms with E-state index in [1.54, 1.807) is 6.92 Å². The molecule has 0 bridgehead atoms. The number of hydrogen-bond donors (Lipinski definition) is 0. The second-order valence-corrected chi connectivity index (χ2v) is 5.40. The van der Waals surface area contributed by atoms with Crippen LogP contribution in [0.4, 0.5) is 0 Å². The third-order valence-corrected chi connectivity index (χ3v) is 4.13. The number of allylic oxidation sites excluding steroid dienone is 1. The van der Waals surface area contributed by atoms with Crippen molar-refractivity contribution in [3.05, 3.63) is 46.7 Å². The van der Waals surface area contributed by atoms with Crippen molar-refractivity contribution in [1.29, 1.82) is 0 Å². The van der Waals surface area contributed by atoms with Crippen molar-refractivity contribution < 1.29 is 14.3 Å². The molecule has 1 aromatic rings. The number of Topliss-reactive ketones (excluding diaryl/α,β-unsaturated/α-hetero) is 1. The van der Waals surface area contributed by atoms with Gasteiger partial charge in [0, 0.05) is 16.8 Å². The molecular weight excluding hydrogens is 254 g/mol. The lowest BCUT2D eigenvalue weighted by Crippen LogP contribution is -2.35. The van der Waals surface area contributed by atoms with Crippen LogP contribution in [-0.2, 0) is 9.53 Å². The lowest BCUT2D eigenvalue weighted by molar-refractivity contribution is -0.136. The summed E-state index contributed by atoms with van der Waals surface area (Å²) in [7, 11) is 1.34. The zero-order valence-electron chi connectivity index (χ0n) is 11.7. The van der Waals surface area contributed by atoms with Gasteiger partial charge in [-0.15, -0.1) is 0 Å². The van der Waals surface area contributed by atoms with E-state index in [-0.39, 0.29) is 5.78 Å². The number of carbonyl (C=O) groups is 2. The predicted octanol–water partition coefficient (Wildman–Crippen LogP) is 2.53. The van der Waals surface area contributed by atoms with Crippen LogP contribution in [-0.4, -0.2) is 24.6 Å². The van der Waals surface area contributed by atoms with E-state index >= 15 is 0 Å². The average Bonchev–Trinajstić information content (AvgIpc) is 2.68. The molecule has 0 saturated heterocycles. The van der Waals surface area contributed by atoms with Gasteiger partial charge in [0.1, 0.15) is 0 Å². The van der Waals surface area contributed by atoms with Crippen molar-refractivity contribution in [2.75, 3.05) is 7.11 Å². The number of ketones is 1. The maximum absolute atomic E-state index is 12.7. The minimum absolute atomic E-state index is 0.0285. The van der Waals surface area contributed by atoms with Gasteiger partial charge < -0.3 is 4.74 Å². The summed E-state index contributed by atoms with van der Waals surface area (Å²) in [6.07, 6.45) is 0.345. The highest BCUT2D eigenvalue weighted by molar-refractivity contribution is 6.32. The standard InChI is InChI=1S/C16H15NO3/c1-9-12(15(19)20-3)8-16(2)13(17-9)10-6-4-5-7-11(10)14(16)18/h4-7H,8H2,1-3H3. The van der Waals surface area contributed by atoms with E-state index in [1.807, 2.05) is 31.2 Å². The van der Waals surface area contributed by atoms with Crippen molar-refractivity contribution >= 4 is 17.5 Å². The lowest BCUT2D eigenvalue weighted by atomic mass is 9.76. The van der Waals surface area contributed by atoms with Crippen molar-refractivity contribution in [2.24, 2.45) is 10.4 Å². The maximum Gasteiger partial charge on any atom is 0.335 e. The fraction of sp³-hybridized carbons (Fsp3) is 0.312. The molecule has 1 heterocycles. The molecule has 4 heteroatoms. The molecular formula is C16H15NO3. The summed E-state index contributed by atoms with van der Waals surface area (Å²) >= 11 is 0. The first-order valence-corrected chi connectivity index (χ1v) is 6.50. The Morgan fingerprint density at radius 1 is 1.30 bits per heavy atom. The molecule has 1 aliphatic carbocycles. The van der Waals surface area contributed by atoms with Crippen LogP contribution >= 0.6 is 0 Å². The monoisotopic (exact) mass is 269 g/mol. The number of aliphatic imine (C=N–C) groups is 1. The highest BCUT2D eigenvalue weighted by Gasteiger charge is 2.50. The lowest BCUT2D eigenvalue weighted by Gasteiger charge is -2.28. The van der Waals surface area contributed by atoms with E-state index < -0.39 is 11.4 Å². The van der Waals surface area contributed by atoms with Gasteiger partial charge in [0.2, 0.25) is 0 Å². The molecule has 2 aliphatic rings. The van der Waals surface area contributed by atoms with E-state index in [4.69, 9.17) is 4.74 Å². The number of methoxy groups -OCH3 is 1. The van der Waals surface area contributed by atoms with Gasteiger partial charge in [-0.25, -0.2) is 4.79 Å². The molecule has 1 aromatic carbocycles. The van der Waals surface area contributed by atoms with Gasteiger partial charge in [-0.05, 0) is 20.3 Å². The van der Waals surface area contributed by atoms with E-state index in [1.165, 1.54) is 7.11 Å². The number of carbonyl (C=O) groups excluding carboxylic acids is 2. The van der Waals surface area contributed by atoms with Crippen LogP contribution in [0, 0.1) is 5.41 Å². The Bertz CT molecular complexity index is 699. The average molecular weight is 269 g/mol. The largest absolute Gasteiger partial charge is 0.466 e. The number of esters is 1. The van der Waals surface area contributed by atoms with Gasteiger partial charge in [0.25, 0.3) is 0 Å². The summed E-state index contributed by atoms with van der Waals surface area (Å²) in [4.78, 5) is 29.0. The van der Waals surface area contributed by atoms with Crippen molar-refractivity contribution in [2.45, 2.75) is 20.3 Å². The first kappa shape index (κ1) is 12.8. The summed E-state index contributed by atoms with van der Waals surface area (Å²) in [5.74, 6) is -0.379. The molecule has 3 rings (SSSR count). The molecule has 0 aromatic heterocycles. The quantitative estimate of drug-likeness (QED) is 0.736. The molecule has 20 heavy (non-hydrogen) atoms. The summed E-state index contributed by atoms with van der Waals surface area (Å²) in [6.45, 7) is 3.63. The second-order valence-electron chi connectivity index (χ2n) is 5.40. The molecule has 0 fully saturated rings. The number of ether oxygens (including phenoxy) is 1. The molecule has 0 saturated carbocycles. The van der Waals surface area contributed by atoms with Gasteiger partial charge in [-0.1, -0.05) is 24.3 Å².